The average molecular weight is 339 g/mol. The molecule has 0 saturated carbocycles. The number of thioether (sulfide) groups is 1. The molecule has 0 radical (unpaired) electrons. The van der Waals surface area contributed by atoms with Crippen molar-refractivity contribution in [3.63, 3.8) is 0 Å². The lowest BCUT2D eigenvalue weighted by Crippen LogP contribution is -2.22. The lowest BCUT2D eigenvalue weighted by molar-refractivity contribution is -0.118. The minimum absolute atomic E-state index is 0.0138. The Bertz CT molecular complexity index is 689. The van der Waals surface area contributed by atoms with Crippen LogP contribution >= 0.6 is 11.8 Å². The van der Waals surface area contributed by atoms with Crippen molar-refractivity contribution in [2.24, 2.45) is 5.16 Å². The number of carbonyl (C=O) groups is 1. The third-order valence-electron chi connectivity index (χ3n) is 2.60. The number of rotatable bonds is 6. The third kappa shape index (κ3) is 4.95. The highest BCUT2D eigenvalue weighted by Crippen LogP contribution is 2.20. The monoisotopic (exact) mass is 339 g/mol. The zero-order chi connectivity index (χ0) is 16.7. The van der Waals surface area contributed by atoms with E-state index in [2.05, 4.69) is 30.7 Å². The molecule has 2 aromatic rings. The van der Waals surface area contributed by atoms with Gasteiger partial charge in [-0.2, -0.15) is 0 Å². The van der Waals surface area contributed by atoms with Gasteiger partial charge in [0, 0.05) is 24.9 Å². The first-order valence-electron chi connectivity index (χ1n) is 6.55. The highest BCUT2D eigenvalue weighted by Gasteiger charge is 2.18. The molecule has 2 rings (SSSR count). The summed E-state index contributed by atoms with van der Waals surface area (Å²) < 4.78 is 17.6. The van der Waals surface area contributed by atoms with E-state index in [0.717, 1.165) is 0 Å². The van der Waals surface area contributed by atoms with Crippen molar-refractivity contribution in [3.05, 3.63) is 35.8 Å². The summed E-state index contributed by atoms with van der Waals surface area (Å²) >= 11 is 1.28. The number of benzene rings is 1. The van der Waals surface area contributed by atoms with Gasteiger partial charge in [0.2, 0.25) is 11.7 Å². The van der Waals surface area contributed by atoms with E-state index in [1.54, 1.807) is 0 Å². The number of oxime groups is 1. The largest absolute Gasteiger partial charge is 0.409 e. The maximum absolute atomic E-state index is 12.9. The fourth-order valence-corrected chi connectivity index (χ4v) is 2.35. The molecule has 0 aliphatic heterocycles. The highest BCUT2D eigenvalue weighted by molar-refractivity contribution is 7.99. The van der Waals surface area contributed by atoms with Gasteiger partial charge in [0.25, 0.3) is 0 Å². The number of nitrogens with zero attached hydrogens (tertiary/aromatic N) is 3. The summed E-state index contributed by atoms with van der Waals surface area (Å²) in [5.41, 5.74) is 0.723. The number of carbonyl (C=O) groups excluding carboxylic acids is 1. The second-order valence-corrected chi connectivity index (χ2v) is 5.41. The summed E-state index contributed by atoms with van der Waals surface area (Å²) in [6.07, 6.45) is 0. The number of hydrogen-bond acceptors (Lipinski definition) is 7. The molecule has 10 heteroatoms. The predicted molar refractivity (Wildman–Crippen MR) is 82.1 cm³/mol. The van der Waals surface area contributed by atoms with Gasteiger partial charge < -0.3 is 15.8 Å². The van der Waals surface area contributed by atoms with E-state index in [4.69, 9.17) is 5.21 Å². The van der Waals surface area contributed by atoms with Crippen LogP contribution in [-0.2, 0) is 4.79 Å². The van der Waals surface area contributed by atoms with Crippen molar-refractivity contribution in [1.29, 1.82) is 0 Å². The van der Waals surface area contributed by atoms with Crippen molar-refractivity contribution in [1.82, 2.24) is 15.6 Å². The Balaban J connectivity index is 2.03. The number of hydrogen-bond donors (Lipinski definition) is 3. The van der Waals surface area contributed by atoms with Crippen molar-refractivity contribution in [2.75, 3.05) is 17.6 Å². The Kier molecular flexibility index (Phi) is 5.92. The Hall–Kier alpha value is -2.62. The summed E-state index contributed by atoms with van der Waals surface area (Å²) in [7, 11) is 0. The minimum Gasteiger partial charge on any atom is -0.409 e. The molecule has 0 unspecified atom stereocenters. The number of halogens is 1. The van der Waals surface area contributed by atoms with Gasteiger partial charge in [-0.05, 0) is 34.6 Å². The minimum atomic E-state index is -0.379. The number of amidine groups is 1. The number of anilines is 1. The fraction of sp³-hybridized carbons (Fsp3) is 0.231. The van der Waals surface area contributed by atoms with E-state index in [1.807, 2.05) is 0 Å². The van der Waals surface area contributed by atoms with Crippen LogP contribution in [0.5, 0.6) is 0 Å². The molecule has 0 atom stereocenters. The van der Waals surface area contributed by atoms with Gasteiger partial charge >= 0.3 is 0 Å². The summed E-state index contributed by atoms with van der Waals surface area (Å²) in [4.78, 5) is 10.8. The van der Waals surface area contributed by atoms with Crippen molar-refractivity contribution < 1.29 is 19.0 Å². The molecule has 1 aromatic carbocycles. The van der Waals surface area contributed by atoms with Crippen LogP contribution in [-0.4, -0.2) is 39.6 Å². The summed E-state index contributed by atoms with van der Waals surface area (Å²) in [6, 6.07) is 5.50. The van der Waals surface area contributed by atoms with E-state index in [-0.39, 0.29) is 23.3 Å². The SMILES string of the molecule is CC(=O)NCCSc1nonc1C(=NO)Nc1ccc(F)cc1. The Morgan fingerprint density at radius 1 is 1.39 bits per heavy atom. The predicted octanol–water partition coefficient (Wildman–Crippen LogP) is 1.68. The van der Waals surface area contributed by atoms with Crippen LogP contribution < -0.4 is 10.6 Å². The number of nitrogens with one attached hydrogen (secondary N) is 2. The molecule has 0 fully saturated rings. The molecule has 0 saturated heterocycles. The maximum Gasteiger partial charge on any atom is 0.216 e. The lowest BCUT2D eigenvalue weighted by Gasteiger charge is -2.06. The first-order chi connectivity index (χ1) is 11.1. The molecule has 8 nitrogen and oxygen atoms in total. The molecule has 0 aliphatic carbocycles. The van der Waals surface area contributed by atoms with Crippen LogP contribution in [0.1, 0.15) is 12.6 Å². The second-order valence-electron chi connectivity index (χ2n) is 4.33. The van der Waals surface area contributed by atoms with Crippen LogP contribution in [0.2, 0.25) is 0 Å². The van der Waals surface area contributed by atoms with Crippen LogP contribution in [0.3, 0.4) is 0 Å². The van der Waals surface area contributed by atoms with Crippen molar-refractivity contribution >= 4 is 29.2 Å². The van der Waals surface area contributed by atoms with E-state index in [9.17, 15) is 9.18 Å². The van der Waals surface area contributed by atoms with Gasteiger partial charge in [0.1, 0.15) is 5.82 Å². The molecule has 0 bridgehead atoms. The van der Waals surface area contributed by atoms with Crippen molar-refractivity contribution in [3.8, 4) is 0 Å². The van der Waals surface area contributed by atoms with Crippen molar-refractivity contribution in [2.45, 2.75) is 11.9 Å². The van der Waals surface area contributed by atoms with Crippen LogP contribution in [0.4, 0.5) is 10.1 Å². The lowest BCUT2D eigenvalue weighted by atomic mass is 10.3. The molecule has 1 aromatic heterocycles. The van der Waals surface area contributed by atoms with Crippen LogP contribution in [0.25, 0.3) is 0 Å². The summed E-state index contributed by atoms with van der Waals surface area (Å²) in [6.45, 7) is 1.88. The molecule has 0 spiro atoms. The van der Waals surface area contributed by atoms with Gasteiger partial charge in [-0.1, -0.05) is 16.9 Å². The first-order valence-corrected chi connectivity index (χ1v) is 7.53. The maximum atomic E-state index is 12.9. The smallest absolute Gasteiger partial charge is 0.216 e. The quantitative estimate of drug-likeness (QED) is 0.183. The van der Waals surface area contributed by atoms with Gasteiger partial charge in [-0.25, -0.2) is 9.02 Å². The molecular formula is C13H14FN5O3S. The Morgan fingerprint density at radius 2 is 2.13 bits per heavy atom. The van der Waals surface area contributed by atoms with E-state index < -0.39 is 0 Å². The van der Waals surface area contributed by atoms with Gasteiger partial charge in [-0.15, -0.1) is 0 Å². The average Bonchev–Trinajstić information content (AvgIpc) is 2.99. The zero-order valence-corrected chi connectivity index (χ0v) is 12.9. The second kappa shape index (κ2) is 8.13. The molecular weight excluding hydrogens is 325 g/mol. The Morgan fingerprint density at radius 3 is 2.78 bits per heavy atom. The molecule has 1 amide bonds. The molecule has 0 aliphatic rings. The topological polar surface area (TPSA) is 113 Å². The molecule has 3 N–H and O–H groups in total. The van der Waals surface area contributed by atoms with Crippen LogP contribution in [0, 0.1) is 5.82 Å². The summed E-state index contributed by atoms with van der Waals surface area (Å²) in [5.74, 6) is 0.0469. The Labute approximate surface area is 135 Å². The third-order valence-corrected chi connectivity index (χ3v) is 3.55. The first kappa shape index (κ1) is 16.7. The normalized spacial score (nSPS) is 11.3. The standard InChI is InChI=1S/C13H14FN5O3S/c1-8(20)15-6-7-23-13-11(18-22-19-13)12(17-21)16-10-4-2-9(14)3-5-10/h2-5,21H,6-7H2,1H3,(H,15,20)(H,16,17). The fourth-order valence-electron chi connectivity index (χ4n) is 1.60. The molecule has 122 valence electrons. The molecule has 1 heterocycles. The van der Waals surface area contributed by atoms with E-state index in [0.29, 0.717) is 23.0 Å². The number of aromatic nitrogens is 2. The molecule has 23 heavy (non-hydrogen) atoms. The van der Waals surface area contributed by atoms with Gasteiger partial charge in [0.15, 0.2) is 10.7 Å². The van der Waals surface area contributed by atoms with E-state index >= 15 is 0 Å². The zero-order valence-electron chi connectivity index (χ0n) is 12.1. The van der Waals surface area contributed by atoms with Gasteiger partial charge in [-0.3, -0.25) is 4.79 Å². The summed E-state index contributed by atoms with van der Waals surface area (Å²) in [5, 5.41) is 25.6. The number of amides is 1. The van der Waals surface area contributed by atoms with Crippen LogP contribution in [0.15, 0.2) is 39.1 Å². The van der Waals surface area contributed by atoms with E-state index in [1.165, 1.54) is 43.0 Å². The highest BCUT2D eigenvalue weighted by atomic mass is 32.2. The van der Waals surface area contributed by atoms with Gasteiger partial charge in [0.05, 0.1) is 0 Å².